The first-order valence-electron chi connectivity index (χ1n) is 11.9. The summed E-state index contributed by atoms with van der Waals surface area (Å²) in [6, 6.07) is 25.9. The second kappa shape index (κ2) is 9.97. The van der Waals surface area contributed by atoms with Gasteiger partial charge in [-0.1, -0.05) is 66.7 Å². The number of hydrogen-bond donors (Lipinski definition) is 2. The number of ether oxygens (including phenoxy) is 2. The molecule has 2 aliphatic rings. The van der Waals surface area contributed by atoms with Gasteiger partial charge in [0.25, 0.3) is 0 Å². The van der Waals surface area contributed by atoms with Crippen molar-refractivity contribution in [2.24, 2.45) is 0 Å². The van der Waals surface area contributed by atoms with Gasteiger partial charge in [0.2, 0.25) is 5.91 Å². The molecule has 6 nitrogen and oxygen atoms in total. The van der Waals surface area contributed by atoms with Crippen molar-refractivity contribution in [1.29, 1.82) is 0 Å². The van der Waals surface area contributed by atoms with E-state index < -0.39 is 12.1 Å². The van der Waals surface area contributed by atoms with Gasteiger partial charge in [0, 0.05) is 13.1 Å². The van der Waals surface area contributed by atoms with Gasteiger partial charge in [0.15, 0.2) is 0 Å². The molecule has 176 valence electrons. The Morgan fingerprint density at radius 1 is 1.06 bits per heavy atom. The number of carbonyl (C=O) groups excluding carboxylic acids is 1. The van der Waals surface area contributed by atoms with E-state index >= 15 is 0 Å². The van der Waals surface area contributed by atoms with Gasteiger partial charge in [-0.15, -0.1) is 0 Å². The maximum absolute atomic E-state index is 13.0. The summed E-state index contributed by atoms with van der Waals surface area (Å²) in [5, 5.41) is 13.3. The van der Waals surface area contributed by atoms with E-state index in [-0.39, 0.29) is 18.2 Å². The lowest BCUT2D eigenvalue weighted by atomic mass is 10.0. The van der Waals surface area contributed by atoms with Gasteiger partial charge in [-0.05, 0) is 47.7 Å². The van der Waals surface area contributed by atoms with E-state index in [2.05, 4.69) is 29.6 Å². The molecular weight excluding hydrogens is 428 g/mol. The lowest BCUT2D eigenvalue weighted by molar-refractivity contribution is -0.126. The number of β-amino-alcohol motifs (C(OH)–C–C–N with tert-alkyl or cyclic N) is 1. The summed E-state index contributed by atoms with van der Waals surface area (Å²) < 4.78 is 11.5. The highest BCUT2D eigenvalue weighted by Gasteiger charge is 2.51. The molecular formula is C28H30N2O4. The monoisotopic (exact) mass is 458 g/mol. The molecule has 0 spiro atoms. The number of benzene rings is 3. The number of amides is 1. The van der Waals surface area contributed by atoms with E-state index in [0.717, 1.165) is 22.4 Å². The number of likely N-dealkylation sites (tertiary alicyclic amines) is 1. The van der Waals surface area contributed by atoms with Crippen LogP contribution in [-0.2, 0) is 16.1 Å². The van der Waals surface area contributed by atoms with Gasteiger partial charge in [0.1, 0.15) is 18.1 Å². The molecule has 3 aromatic rings. The third kappa shape index (κ3) is 4.99. The fourth-order valence-electron chi connectivity index (χ4n) is 4.68. The zero-order valence-electron chi connectivity index (χ0n) is 19.3. The zero-order valence-corrected chi connectivity index (χ0v) is 19.3. The molecule has 4 unspecified atom stereocenters. The minimum absolute atomic E-state index is 0.0824. The van der Waals surface area contributed by atoms with Crippen LogP contribution in [0.1, 0.15) is 30.6 Å². The molecule has 0 aromatic heterocycles. The highest BCUT2D eigenvalue weighted by molar-refractivity contribution is 5.82. The van der Waals surface area contributed by atoms with Gasteiger partial charge in [0.05, 0.1) is 18.8 Å². The van der Waals surface area contributed by atoms with Gasteiger partial charge in [-0.3, -0.25) is 9.69 Å². The molecule has 0 saturated carbocycles. The van der Waals surface area contributed by atoms with E-state index in [4.69, 9.17) is 9.47 Å². The Labute approximate surface area is 200 Å². The average molecular weight is 459 g/mol. The highest BCUT2D eigenvalue weighted by Crippen LogP contribution is 2.44. The van der Waals surface area contributed by atoms with Crippen LogP contribution in [0.15, 0.2) is 78.9 Å². The molecule has 2 saturated heterocycles. The standard InChI is InChI=1S/C28H30N2O4/c1-2-33-24-10-6-9-22(15-24)26-28(34-26)30-18-23(31)16-25(30)27(32)29-17-19-11-13-21(14-12-19)20-7-4-3-5-8-20/h3-15,23,25-26,28,31H,2,16-18H2,1H3,(H,29,32). The van der Waals surface area contributed by atoms with Gasteiger partial charge < -0.3 is 19.9 Å². The van der Waals surface area contributed by atoms with E-state index in [9.17, 15) is 9.90 Å². The van der Waals surface area contributed by atoms with Crippen LogP contribution in [-0.4, -0.2) is 47.4 Å². The molecule has 4 atom stereocenters. The van der Waals surface area contributed by atoms with Crippen molar-refractivity contribution < 1.29 is 19.4 Å². The van der Waals surface area contributed by atoms with Gasteiger partial charge in [-0.2, -0.15) is 0 Å². The number of aliphatic hydroxyl groups excluding tert-OH is 1. The van der Waals surface area contributed by atoms with Crippen molar-refractivity contribution in [2.45, 2.75) is 44.4 Å². The fraction of sp³-hybridized carbons (Fsp3) is 0.321. The first kappa shape index (κ1) is 22.6. The largest absolute Gasteiger partial charge is 0.494 e. The summed E-state index contributed by atoms with van der Waals surface area (Å²) >= 11 is 0. The minimum Gasteiger partial charge on any atom is -0.494 e. The Morgan fingerprint density at radius 2 is 1.82 bits per heavy atom. The lowest BCUT2D eigenvalue weighted by Crippen LogP contribution is -2.44. The van der Waals surface area contributed by atoms with Crippen LogP contribution in [0.2, 0.25) is 0 Å². The number of nitrogens with one attached hydrogen (secondary N) is 1. The Kier molecular flexibility index (Phi) is 6.63. The van der Waals surface area contributed by atoms with E-state index in [1.165, 1.54) is 5.56 Å². The molecule has 0 aliphatic carbocycles. The number of aliphatic hydroxyl groups is 1. The second-order valence-corrected chi connectivity index (χ2v) is 8.84. The zero-order chi connectivity index (χ0) is 23.5. The third-order valence-electron chi connectivity index (χ3n) is 6.44. The van der Waals surface area contributed by atoms with Gasteiger partial charge in [-0.25, -0.2) is 0 Å². The summed E-state index contributed by atoms with van der Waals surface area (Å²) in [4.78, 5) is 15.0. The summed E-state index contributed by atoms with van der Waals surface area (Å²) in [6.07, 6.45) is -0.466. The van der Waals surface area contributed by atoms with Crippen LogP contribution in [0.5, 0.6) is 5.75 Å². The molecule has 0 bridgehead atoms. The summed E-state index contributed by atoms with van der Waals surface area (Å²) in [6.45, 7) is 3.43. The topological polar surface area (TPSA) is 74.3 Å². The predicted octanol–water partition coefficient (Wildman–Crippen LogP) is 3.90. The summed E-state index contributed by atoms with van der Waals surface area (Å²) in [5.41, 5.74) is 4.37. The summed E-state index contributed by atoms with van der Waals surface area (Å²) in [5.74, 6) is 0.726. The van der Waals surface area contributed by atoms with Crippen molar-refractivity contribution in [3.8, 4) is 16.9 Å². The van der Waals surface area contributed by atoms with Crippen LogP contribution in [0.4, 0.5) is 0 Å². The van der Waals surface area contributed by atoms with E-state index in [1.54, 1.807) is 0 Å². The van der Waals surface area contributed by atoms with Gasteiger partial charge >= 0.3 is 0 Å². The van der Waals surface area contributed by atoms with Crippen molar-refractivity contribution in [2.75, 3.05) is 13.2 Å². The molecule has 2 N–H and O–H groups in total. The number of hydrogen-bond acceptors (Lipinski definition) is 5. The Balaban J connectivity index is 1.19. The fourth-order valence-corrected chi connectivity index (χ4v) is 4.68. The first-order chi connectivity index (χ1) is 16.6. The molecule has 2 fully saturated rings. The number of epoxide rings is 1. The smallest absolute Gasteiger partial charge is 0.237 e. The molecule has 1 amide bonds. The first-order valence-corrected chi connectivity index (χ1v) is 11.9. The maximum Gasteiger partial charge on any atom is 0.237 e. The SMILES string of the molecule is CCOc1cccc(C2OC2N2CC(O)CC2C(=O)NCc2ccc(-c3ccccc3)cc2)c1. The quantitative estimate of drug-likeness (QED) is 0.501. The predicted molar refractivity (Wildman–Crippen MR) is 130 cm³/mol. The second-order valence-electron chi connectivity index (χ2n) is 8.84. The average Bonchev–Trinajstić information content (AvgIpc) is 3.58. The van der Waals surface area contributed by atoms with E-state index in [1.807, 2.05) is 66.4 Å². The van der Waals surface area contributed by atoms with Crippen LogP contribution in [0, 0.1) is 0 Å². The Morgan fingerprint density at radius 3 is 2.59 bits per heavy atom. The van der Waals surface area contributed by atoms with E-state index in [0.29, 0.717) is 26.1 Å². The number of carbonyl (C=O) groups is 1. The van der Waals surface area contributed by atoms with Crippen molar-refractivity contribution in [3.63, 3.8) is 0 Å². The maximum atomic E-state index is 13.0. The van der Waals surface area contributed by atoms with Crippen molar-refractivity contribution >= 4 is 5.91 Å². The normalized spacial score (nSPS) is 24.1. The Hall–Kier alpha value is -3.19. The molecule has 5 rings (SSSR count). The van der Waals surface area contributed by atoms with Crippen LogP contribution in [0.25, 0.3) is 11.1 Å². The molecule has 6 heteroatoms. The summed E-state index contributed by atoms with van der Waals surface area (Å²) in [7, 11) is 0. The number of nitrogens with zero attached hydrogens (tertiary/aromatic N) is 1. The number of rotatable bonds is 8. The molecule has 0 radical (unpaired) electrons. The minimum atomic E-state index is -0.541. The van der Waals surface area contributed by atoms with Crippen molar-refractivity contribution in [1.82, 2.24) is 10.2 Å². The van der Waals surface area contributed by atoms with Crippen molar-refractivity contribution in [3.05, 3.63) is 90.0 Å². The molecule has 3 aromatic carbocycles. The highest BCUT2D eigenvalue weighted by atomic mass is 16.6. The molecule has 2 aliphatic heterocycles. The molecule has 34 heavy (non-hydrogen) atoms. The van der Waals surface area contributed by atoms with Crippen LogP contribution in [0.3, 0.4) is 0 Å². The van der Waals surface area contributed by atoms with Crippen LogP contribution < -0.4 is 10.1 Å². The van der Waals surface area contributed by atoms with Crippen LogP contribution >= 0.6 is 0 Å². The lowest BCUT2D eigenvalue weighted by Gasteiger charge is -2.21. The third-order valence-corrected chi connectivity index (χ3v) is 6.44. The molecule has 2 heterocycles. The Bertz CT molecular complexity index is 1120.